The van der Waals surface area contributed by atoms with Crippen LogP contribution < -0.4 is 22.0 Å². The Morgan fingerprint density at radius 3 is 2.61 bits per heavy atom. The van der Waals surface area contributed by atoms with Crippen LogP contribution in [-0.2, 0) is 28.4 Å². The van der Waals surface area contributed by atoms with Crippen molar-refractivity contribution in [1.29, 1.82) is 0 Å². The van der Waals surface area contributed by atoms with Gasteiger partial charge in [0, 0.05) is 23.4 Å². The lowest BCUT2D eigenvalue weighted by Gasteiger charge is -2.18. The van der Waals surface area contributed by atoms with Crippen LogP contribution in [0.1, 0.15) is 29.8 Å². The predicted molar refractivity (Wildman–Crippen MR) is 122 cm³/mol. The Balaban J connectivity index is 1.87. The number of hydrogen-bond acceptors (Lipinski definition) is 7. The summed E-state index contributed by atoms with van der Waals surface area (Å²) in [6.07, 6.45) is -0.356. The number of carbonyl (C=O) groups excluding carboxylic acids is 1. The highest BCUT2D eigenvalue weighted by Gasteiger charge is 2.33. The van der Waals surface area contributed by atoms with E-state index in [1.807, 2.05) is 25.1 Å². The number of carbonyl (C=O) groups is 1. The fourth-order valence-electron chi connectivity index (χ4n) is 3.19. The zero-order valence-electron chi connectivity index (χ0n) is 17.9. The lowest BCUT2D eigenvalue weighted by Crippen LogP contribution is -2.44. The van der Waals surface area contributed by atoms with Gasteiger partial charge in [-0.15, -0.1) is 0 Å². The molecule has 10 nitrogen and oxygen atoms in total. The molecule has 1 amide bonds. The van der Waals surface area contributed by atoms with Gasteiger partial charge in [-0.1, -0.05) is 0 Å². The highest BCUT2D eigenvalue weighted by Crippen LogP contribution is 2.24. The van der Waals surface area contributed by atoms with Crippen LogP contribution in [0, 0.1) is 10.5 Å². The topological polar surface area (TPSA) is 113 Å². The molecule has 1 saturated heterocycles. The number of hydrogen-bond donors (Lipinski definition) is 2. The van der Waals surface area contributed by atoms with Crippen molar-refractivity contribution in [2.75, 3.05) is 18.5 Å². The Kier molecular flexibility index (Phi) is 6.88. The lowest BCUT2D eigenvalue weighted by atomic mass is 10.2. The highest BCUT2D eigenvalue weighted by atomic mass is 127. The molecule has 1 aliphatic heterocycles. The van der Waals surface area contributed by atoms with Crippen LogP contribution in [-0.4, -0.2) is 40.1 Å². The van der Waals surface area contributed by atoms with Gasteiger partial charge in [0.05, 0.1) is 6.61 Å². The normalized spacial score (nSPS) is 17.5. The number of benzene rings is 1. The molecule has 31 heavy (non-hydrogen) atoms. The Labute approximate surface area is 192 Å². The number of rotatable bonds is 6. The first kappa shape index (κ1) is 23.4. The van der Waals surface area contributed by atoms with Gasteiger partial charge in [0.25, 0.3) is 11.5 Å². The summed E-state index contributed by atoms with van der Waals surface area (Å²) >= 11 is 2.19. The molecule has 1 atom stereocenters. The average Bonchev–Trinajstić information content (AvgIpc) is 3.04. The van der Waals surface area contributed by atoms with Gasteiger partial charge in [-0.25, -0.2) is 10.3 Å². The van der Waals surface area contributed by atoms with E-state index >= 15 is 0 Å². The fraction of sp³-hybridized carbons (Fsp3) is 0.450. The summed E-state index contributed by atoms with van der Waals surface area (Å²) in [6.45, 7) is 5.82. The molecular weight excluding hydrogens is 519 g/mol. The number of aryl methyl sites for hydroxylation is 1. The maximum atomic E-state index is 12.9. The third-order valence-corrected chi connectivity index (χ3v) is 5.51. The summed E-state index contributed by atoms with van der Waals surface area (Å²) in [5.74, 6) is -1.42. The molecule has 11 heteroatoms. The number of nitrogens with zero attached hydrogens (tertiary/aromatic N) is 2. The van der Waals surface area contributed by atoms with E-state index in [2.05, 4.69) is 33.4 Å². The van der Waals surface area contributed by atoms with Crippen LogP contribution in [0.4, 0.5) is 11.5 Å². The maximum absolute atomic E-state index is 12.9. The third kappa shape index (κ3) is 5.17. The summed E-state index contributed by atoms with van der Waals surface area (Å²) in [4.78, 5) is 43.4. The summed E-state index contributed by atoms with van der Waals surface area (Å²) in [5, 5.41) is 3.05. The Bertz CT molecular complexity index is 1120. The molecule has 2 heterocycles. The molecule has 0 radical (unpaired) electrons. The molecule has 0 saturated carbocycles. The molecule has 0 unspecified atom stereocenters. The van der Waals surface area contributed by atoms with E-state index in [0.717, 1.165) is 13.7 Å². The average molecular weight is 544 g/mol. The van der Waals surface area contributed by atoms with Crippen molar-refractivity contribution >= 4 is 40.0 Å². The highest BCUT2D eigenvalue weighted by molar-refractivity contribution is 14.1. The lowest BCUT2D eigenvalue weighted by molar-refractivity contribution is -0.147. The van der Waals surface area contributed by atoms with Gasteiger partial charge in [0.15, 0.2) is 5.79 Å². The van der Waals surface area contributed by atoms with Gasteiger partial charge in [0.2, 0.25) is 0 Å². The molecule has 2 N–H and O–H groups in total. The van der Waals surface area contributed by atoms with E-state index in [1.54, 1.807) is 13.8 Å². The largest absolute Gasteiger partial charge is 0.348 e. The minimum Gasteiger partial charge on any atom is -0.348 e. The van der Waals surface area contributed by atoms with Crippen molar-refractivity contribution in [2.45, 2.75) is 32.7 Å². The molecule has 2 aromatic rings. The Morgan fingerprint density at radius 2 is 2.00 bits per heavy atom. The molecular formula is C20H25IN4O6. The molecule has 1 aromatic carbocycles. The monoisotopic (exact) mass is 544 g/mol. The maximum Gasteiger partial charge on any atom is 0.332 e. The zero-order chi connectivity index (χ0) is 22.9. The number of nitrogens with one attached hydrogen (secondary N) is 2. The number of halogens is 1. The number of ether oxygens (including phenoxy) is 2. The molecule has 1 aliphatic rings. The standard InChI is InChI=1S/C20H25IN4O6/c1-11-8-12(21)6-7-14(11)22-16-15(18(27)25(5)19(28)24(16)4)17(26)23-30-10-13-9-29-20(2,3)31-13/h6-8,13,22H,9-10H2,1-5H3,(H,23,26)/t13-/m1/s1. The van der Waals surface area contributed by atoms with Gasteiger partial charge in [-0.05, 0) is 67.1 Å². The van der Waals surface area contributed by atoms with E-state index < -0.39 is 22.9 Å². The molecule has 1 aromatic heterocycles. The van der Waals surface area contributed by atoms with Gasteiger partial charge < -0.3 is 14.8 Å². The Hall–Kier alpha value is -2.22. The van der Waals surface area contributed by atoms with Gasteiger partial charge in [0.1, 0.15) is 24.1 Å². The van der Waals surface area contributed by atoms with Crippen LogP contribution in [0.15, 0.2) is 27.8 Å². The zero-order valence-corrected chi connectivity index (χ0v) is 20.1. The SMILES string of the molecule is Cc1cc(I)ccc1Nc1c(C(=O)NOC[C@H]2COC(C)(C)O2)c(=O)n(C)c(=O)n1C. The minimum atomic E-state index is -0.778. The number of aromatic nitrogens is 2. The third-order valence-electron chi connectivity index (χ3n) is 4.83. The fourth-order valence-corrected chi connectivity index (χ4v) is 3.83. The second kappa shape index (κ2) is 9.10. The van der Waals surface area contributed by atoms with Crippen LogP contribution in [0.3, 0.4) is 0 Å². The number of anilines is 2. The van der Waals surface area contributed by atoms with Crippen LogP contribution >= 0.6 is 22.6 Å². The van der Waals surface area contributed by atoms with Crippen molar-refractivity contribution in [3.63, 3.8) is 0 Å². The van der Waals surface area contributed by atoms with E-state index in [0.29, 0.717) is 12.3 Å². The molecule has 3 rings (SSSR count). The summed E-state index contributed by atoms with van der Waals surface area (Å²) in [6, 6.07) is 5.63. The smallest absolute Gasteiger partial charge is 0.332 e. The van der Waals surface area contributed by atoms with Crippen molar-refractivity contribution in [1.82, 2.24) is 14.6 Å². The predicted octanol–water partition coefficient (Wildman–Crippen LogP) is 1.55. The first-order valence-electron chi connectivity index (χ1n) is 9.57. The number of hydroxylamine groups is 1. The van der Waals surface area contributed by atoms with Gasteiger partial charge in [-0.2, -0.15) is 0 Å². The molecule has 168 valence electrons. The summed E-state index contributed by atoms with van der Waals surface area (Å²) < 4.78 is 14.2. The van der Waals surface area contributed by atoms with Crippen molar-refractivity contribution in [3.05, 3.63) is 53.7 Å². The van der Waals surface area contributed by atoms with Crippen LogP contribution in [0.25, 0.3) is 0 Å². The first-order valence-corrected chi connectivity index (χ1v) is 10.6. The van der Waals surface area contributed by atoms with Crippen molar-refractivity contribution in [3.8, 4) is 0 Å². The quantitative estimate of drug-likeness (QED) is 0.420. The summed E-state index contributed by atoms with van der Waals surface area (Å²) in [7, 11) is 2.80. The van der Waals surface area contributed by atoms with Gasteiger partial charge in [-0.3, -0.25) is 23.6 Å². The van der Waals surface area contributed by atoms with E-state index in [9.17, 15) is 14.4 Å². The van der Waals surface area contributed by atoms with E-state index in [4.69, 9.17) is 14.3 Å². The minimum absolute atomic E-state index is 0.0419. The second-order valence-electron chi connectivity index (χ2n) is 7.71. The first-order chi connectivity index (χ1) is 14.5. The van der Waals surface area contributed by atoms with Gasteiger partial charge >= 0.3 is 5.69 Å². The molecule has 1 fully saturated rings. The molecule has 0 spiro atoms. The Morgan fingerprint density at radius 1 is 1.29 bits per heavy atom. The molecule has 0 bridgehead atoms. The molecule has 0 aliphatic carbocycles. The number of amides is 1. The summed E-state index contributed by atoms with van der Waals surface area (Å²) in [5.41, 5.74) is 2.28. The second-order valence-corrected chi connectivity index (χ2v) is 8.95. The van der Waals surface area contributed by atoms with Crippen molar-refractivity contribution < 1.29 is 19.1 Å². The van der Waals surface area contributed by atoms with E-state index in [1.165, 1.54) is 18.7 Å². The van der Waals surface area contributed by atoms with E-state index in [-0.39, 0.29) is 24.1 Å². The van der Waals surface area contributed by atoms with Crippen LogP contribution in [0.5, 0.6) is 0 Å². The van der Waals surface area contributed by atoms with Crippen LogP contribution in [0.2, 0.25) is 0 Å². The van der Waals surface area contributed by atoms with Crippen molar-refractivity contribution in [2.24, 2.45) is 14.1 Å².